The van der Waals surface area contributed by atoms with E-state index in [1.807, 2.05) is 0 Å². The second kappa shape index (κ2) is 4.74. The van der Waals surface area contributed by atoms with Crippen molar-refractivity contribution < 1.29 is 14.3 Å². The minimum Gasteiger partial charge on any atom is -0.502 e. The predicted molar refractivity (Wildman–Crippen MR) is 76.1 cm³/mol. The molecule has 3 aromatic rings. The van der Waals surface area contributed by atoms with Crippen LogP contribution in [0.4, 0.5) is 0 Å². The number of methoxy groups -OCH3 is 1. The number of ether oxygens (including phenoxy) is 1. The molecule has 0 aliphatic heterocycles. The summed E-state index contributed by atoms with van der Waals surface area (Å²) in [5.41, 5.74) is 0.586. The summed E-state index contributed by atoms with van der Waals surface area (Å²) in [6.07, 6.45) is 0. The van der Waals surface area contributed by atoms with Crippen molar-refractivity contribution in [3.05, 3.63) is 58.8 Å². The first-order valence-electron chi connectivity index (χ1n) is 6.10. The first-order valence-corrected chi connectivity index (χ1v) is 6.10. The van der Waals surface area contributed by atoms with E-state index >= 15 is 0 Å². The largest absolute Gasteiger partial charge is 0.502 e. The lowest BCUT2D eigenvalue weighted by atomic mass is 10.1. The molecule has 0 amide bonds. The van der Waals surface area contributed by atoms with Crippen molar-refractivity contribution in [1.29, 1.82) is 0 Å². The summed E-state index contributed by atoms with van der Waals surface area (Å²) in [7, 11) is 1.55. The lowest BCUT2D eigenvalue weighted by molar-refractivity contribution is 0.414. The Morgan fingerprint density at radius 3 is 2.70 bits per heavy atom. The molecule has 3 rings (SSSR count). The van der Waals surface area contributed by atoms with E-state index in [0.29, 0.717) is 22.3 Å². The third-order valence-corrected chi connectivity index (χ3v) is 3.11. The van der Waals surface area contributed by atoms with Crippen molar-refractivity contribution in [2.45, 2.75) is 0 Å². The van der Waals surface area contributed by atoms with Gasteiger partial charge in [0.05, 0.1) is 12.5 Å². The van der Waals surface area contributed by atoms with Gasteiger partial charge in [-0.3, -0.25) is 4.79 Å². The average molecular weight is 268 g/mol. The van der Waals surface area contributed by atoms with E-state index < -0.39 is 11.2 Å². The van der Waals surface area contributed by atoms with E-state index in [-0.39, 0.29) is 5.76 Å². The fraction of sp³-hybridized carbons (Fsp3) is 0.0625. The predicted octanol–water partition coefficient (Wildman–Crippen LogP) is 3.17. The maximum absolute atomic E-state index is 12.1. The Balaban J connectivity index is 2.31. The highest BCUT2D eigenvalue weighted by atomic mass is 16.5. The van der Waals surface area contributed by atoms with E-state index in [0.717, 1.165) is 0 Å². The Kier molecular flexibility index (Phi) is 2.91. The van der Waals surface area contributed by atoms with Gasteiger partial charge in [0.1, 0.15) is 11.3 Å². The van der Waals surface area contributed by atoms with Gasteiger partial charge in [0.2, 0.25) is 11.2 Å². The van der Waals surface area contributed by atoms with E-state index in [1.165, 1.54) is 0 Å². The molecule has 0 aliphatic rings. The summed E-state index contributed by atoms with van der Waals surface area (Å²) in [6.45, 7) is 0. The van der Waals surface area contributed by atoms with Gasteiger partial charge in [0.15, 0.2) is 5.76 Å². The van der Waals surface area contributed by atoms with Crippen molar-refractivity contribution in [1.82, 2.24) is 0 Å². The average Bonchev–Trinajstić information content (AvgIpc) is 2.51. The van der Waals surface area contributed by atoms with Crippen LogP contribution in [-0.4, -0.2) is 12.2 Å². The Morgan fingerprint density at radius 2 is 1.90 bits per heavy atom. The Hall–Kier alpha value is -2.75. The maximum Gasteiger partial charge on any atom is 0.235 e. The normalized spacial score (nSPS) is 10.7. The van der Waals surface area contributed by atoms with Crippen LogP contribution in [0.25, 0.3) is 22.3 Å². The lowest BCUT2D eigenvalue weighted by Gasteiger charge is -2.07. The molecule has 1 heterocycles. The first kappa shape index (κ1) is 12.3. The molecule has 0 bridgehead atoms. The molecular formula is C16H12O4. The molecule has 1 aromatic heterocycles. The molecule has 0 spiro atoms. The van der Waals surface area contributed by atoms with Gasteiger partial charge in [-0.25, -0.2) is 0 Å². The monoisotopic (exact) mass is 268 g/mol. The van der Waals surface area contributed by atoms with Gasteiger partial charge < -0.3 is 14.3 Å². The third kappa shape index (κ3) is 1.91. The van der Waals surface area contributed by atoms with Gasteiger partial charge in [0, 0.05) is 5.56 Å². The minimum atomic E-state index is -0.440. The molecule has 0 fully saturated rings. The van der Waals surface area contributed by atoms with Crippen molar-refractivity contribution in [2.75, 3.05) is 7.11 Å². The van der Waals surface area contributed by atoms with Crippen molar-refractivity contribution in [3.8, 4) is 22.8 Å². The topological polar surface area (TPSA) is 59.7 Å². The molecular weight excluding hydrogens is 256 g/mol. The van der Waals surface area contributed by atoms with Crippen molar-refractivity contribution in [3.63, 3.8) is 0 Å². The summed E-state index contributed by atoms with van der Waals surface area (Å²) in [4.78, 5) is 12.1. The highest BCUT2D eigenvalue weighted by Crippen LogP contribution is 2.31. The number of hydrogen-bond acceptors (Lipinski definition) is 4. The molecule has 0 unspecified atom stereocenters. The molecule has 0 aliphatic carbocycles. The van der Waals surface area contributed by atoms with Crippen LogP contribution in [0.3, 0.4) is 0 Å². The highest BCUT2D eigenvalue weighted by molar-refractivity contribution is 5.81. The summed E-state index contributed by atoms with van der Waals surface area (Å²) in [5.74, 6) is 0.377. The van der Waals surface area contributed by atoms with Crippen LogP contribution < -0.4 is 10.2 Å². The van der Waals surface area contributed by atoms with Crippen LogP contribution in [0.2, 0.25) is 0 Å². The van der Waals surface area contributed by atoms with Gasteiger partial charge in [-0.1, -0.05) is 24.3 Å². The van der Waals surface area contributed by atoms with Crippen LogP contribution >= 0.6 is 0 Å². The second-order valence-corrected chi connectivity index (χ2v) is 4.34. The van der Waals surface area contributed by atoms with E-state index in [2.05, 4.69) is 0 Å². The number of hydrogen-bond donors (Lipinski definition) is 1. The fourth-order valence-electron chi connectivity index (χ4n) is 2.09. The SMILES string of the molecule is COc1cccc(-c2oc3ccccc3c(=O)c2O)c1. The van der Waals surface area contributed by atoms with E-state index in [4.69, 9.17) is 9.15 Å². The molecule has 20 heavy (non-hydrogen) atoms. The highest BCUT2D eigenvalue weighted by Gasteiger charge is 2.15. The van der Waals surface area contributed by atoms with Gasteiger partial charge in [0.25, 0.3) is 0 Å². The van der Waals surface area contributed by atoms with Crippen LogP contribution in [0.1, 0.15) is 0 Å². The van der Waals surface area contributed by atoms with E-state index in [9.17, 15) is 9.90 Å². The lowest BCUT2D eigenvalue weighted by Crippen LogP contribution is -2.02. The molecule has 0 saturated carbocycles. The van der Waals surface area contributed by atoms with Gasteiger partial charge in [-0.2, -0.15) is 0 Å². The van der Waals surface area contributed by atoms with Gasteiger partial charge >= 0.3 is 0 Å². The van der Waals surface area contributed by atoms with Gasteiger partial charge in [-0.05, 0) is 24.3 Å². The summed E-state index contributed by atoms with van der Waals surface area (Å²) < 4.78 is 10.8. The molecule has 0 atom stereocenters. The summed E-state index contributed by atoms with van der Waals surface area (Å²) in [5, 5.41) is 10.4. The van der Waals surface area contributed by atoms with Crippen LogP contribution in [0.15, 0.2) is 57.7 Å². The molecule has 100 valence electrons. The number of rotatable bonds is 2. The Morgan fingerprint density at radius 1 is 1.10 bits per heavy atom. The number of aromatic hydroxyl groups is 1. The molecule has 1 N–H and O–H groups in total. The van der Waals surface area contributed by atoms with Crippen molar-refractivity contribution in [2.24, 2.45) is 0 Å². The number of fused-ring (bicyclic) bond motifs is 1. The zero-order valence-electron chi connectivity index (χ0n) is 10.8. The first-order chi connectivity index (χ1) is 9.70. The molecule has 4 nitrogen and oxygen atoms in total. The van der Waals surface area contributed by atoms with E-state index in [1.54, 1.807) is 55.6 Å². The fourth-order valence-corrected chi connectivity index (χ4v) is 2.09. The standard InChI is InChI=1S/C16H12O4/c1-19-11-6-4-5-10(9-11)16-15(18)14(17)12-7-2-3-8-13(12)20-16/h2-9,18H,1H3. The molecule has 4 heteroatoms. The molecule has 0 saturated heterocycles. The Bertz CT molecular complexity index is 833. The zero-order chi connectivity index (χ0) is 14.1. The Labute approximate surface area is 114 Å². The summed E-state index contributed by atoms with van der Waals surface area (Å²) in [6, 6.07) is 13.8. The number of para-hydroxylation sites is 1. The zero-order valence-corrected chi connectivity index (χ0v) is 10.8. The van der Waals surface area contributed by atoms with Crippen LogP contribution in [-0.2, 0) is 0 Å². The number of benzene rings is 2. The summed E-state index contributed by atoms with van der Waals surface area (Å²) >= 11 is 0. The van der Waals surface area contributed by atoms with Crippen molar-refractivity contribution >= 4 is 11.0 Å². The smallest absolute Gasteiger partial charge is 0.235 e. The van der Waals surface area contributed by atoms with Crippen LogP contribution in [0.5, 0.6) is 11.5 Å². The van der Waals surface area contributed by atoms with Gasteiger partial charge in [-0.15, -0.1) is 0 Å². The molecule has 2 aromatic carbocycles. The van der Waals surface area contributed by atoms with Crippen LogP contribution in [0, 0.1) is 0 Å². The quantitative estimate of drug-likeness (QED) is 0.775. The third-order valence-electron chi connectivity index (χ3n) is 3.11. The minimum absolute atomic E-state index is 0.146. The maximum atomic E-state index is 12.1. The second-order valence-electron chi connectivity index (χ2n) is 4.34. The molecule has 0 radical (unpaired) electrons.